The Labute approximate surface area is 101 Å². The SMILES string of the molecule is NC(=O)c1c(C(N)=O)c2c(=O)[nH]c(=O)c=2c(=O)c1=O. The van der Waals surface area contributed by atoms with Gasteiger partial charge in [0.15, 0.2) is 0 Å². The van der Waals surface area contributed by atoms with Crippen LogP contribution in [0.3, 0.4) is 0 Å². The average Bonchev–Trinajstić information content (AvgIpc) is 2.58. The predicted octanol–water partition coefficient (Wildman–Crippen LogP) is -3.75. The molecular weight excluding hydrogens is 258 g/mol. The van der Waals surface area contributed by atoms with Crippen LogP contribution in [0.2, 0.25) is 0 Å². The molecule has 0 saturated heterocycles. The zero-order valence-electron chi connectivity index (χ0n) is 9.10. The Hall–Kier alpha value is -3.10. The highest BCUT2D eigenvalue weighted by Crippen LogP contribution is 2.02. The minimum atomic E-state index is -1.44. The van der Waals surface area contributed by atoms with Crippen molar-refractivity contribution in [2.45, 2.75) is 0 Å². The zero-order chi connectivity index (χ0) is 14.5. The van der Waals surface area contributed by atoms with Crippen molar-refractivity contribution in [2.24, 2.45) is 11.5 Å². The van der Waals surface area contributed by atoms with Gasteiger partial charge >= 0.3 is 0 Å². The quantitative estimate of drug-likeness (QED) is 0.470. The van der Waals surface area contributed by atoms with Gasteiger partial charge in [-0.3, -0.25) is 33.8 Å². The molecule has 9 nitrogen and oxygen atoms in total. The van der Waals surface area contributed by atoms with E-state index in [4.69, 9.17) is 11.5 Å². The van der Waals surface area contributed by atoms with Crippen LogP contribution in [0.4, 0.5) is 0 Å². The van der Waals surface area contributed by atoms with Gasteiger partial charge in [0.1, 0.15) is 10.8 Å². The van der Waals surface area contributed by atoms with Crippen molar-refractivity contribution < 1.29 is 9.59 Å². The van der Waals surface area contributed by atoms with E-state index in [9.17, 15) is 28.8 Å². The first-order chi connectivity index (χ1) is 8.77. The van der Waals surface area contributed by atoms with Gasteiger partial charge in [0.05, 0.1) is 10.8 Å². The molecule has 9 heteroatoms. The lowest BCUT2D eigenvalue weighted by Gasteiger charge is -2.00. The highest BCUT2D eigenvalue weighted by atomic mass is 16.2. The van der Waals surface area contributed by atoms with Crippen LogP contribution in [0.15, 0.2) is 19.2 Å². The summed E-state index contributed by atoms with van der Waals surface area (Å²) in [6.45, 7) is 0. The number of aromatic nitrogens is 1. The number of H-pyrrole nitrogens is 1. The smallest absolute Gasteiger partial charge is 0.263 e. The first kappa shape index (κ1) is 12.4. The van der Waals surface area contributed by atoms with Gasteiger partial charge in [-0.1, -0.05) is 0 Å². The summed E-state index contributed by atoms with van der Waals surface area (Å²) in [6, 6.07) is 0. The summed E-state index contributed by atoms with van der Waals surface area (Å²) < 4.78 is 0. The Kier molecular flexibility index (Phi) is 2.41. The van der Waals surface area contributed by atoms with Gasteiger partial charge < -0.3 is 11.5 Å². The molecule has 0 bridgehead atoms. The summed E-state index contributed by atoms with van der Waals surface area (Å²) in [5.74, 6) is -2.70. The molecule has 0 aromatic heterocycles. The molecule has 1 heterocycles. The number of rotatable bonds is 2. The standard InChI is InChI=1S/C10H5N3O6/c11-7(16)1-2-4(10(19)13-9(2)18)6(15)5(14)3(1)8(12)17/h(H2,11,16)(H2,12,17)(H,13,18,19). The maximum atomic E-state index is 11.6. The van der Waals surface area contributed by atoms with E-state index < -0.39 is 55.4 Å². The van der Waals surface area contributed by atoms with Crippen molar-refractivity contribution >= 4 is 11.8 Å². The zero-order valence-corrected chi connectivity index (χ0v) is 9.10. The number of carbonyl (C=O) groups excluding carboxylic acids is 2. The normalized spacial score (nSPS) is 10.7. The topological polar surface area (TPSA) is 170 Å². The third kappa shape index (κ3) is 1.48. The lowest BCUT2D eigenvalue weighted by Crippen LogP contribution is -2.39. The molecule has 96 valence electrons. The minimum absolute atomic E-state index is 0.684. The summed E-state index contributed by atoms with van der Waals surface area (Å²) in [5, 5.41) is -1.48. The second kappa shape index (κ2) is 3.70. The Morgan fingerprint density at radius 2 is 1.21 bits per heavy atom. The van der Waals surface area contributed by atoms with Gasteiger partial charge in [0, 0.05) is 0 Å². The molecule has 2 amide bonds. The fourth-order valence-corrected chi connectivity index (χ4v) is 1.86. The summed E-state index contributed by atoms with van der Waals surface area (Å²) in [6.07, 6.45) is 0. The van der Waals surface area contributed by atoms with Crippen molar-refractivity contribution in [3.8, 4) is 0 Å². The van der Waals surface area contributed by atoms with Crippen molar-refractivity contribution in [1.29, 1.82) is 0 Å². The van der Waals surface area contributed by atoms with E-state index in [0.29, 0.717) is 0 Å². The fourth-order valence-electron chi connectivity index (χ4n) is 1.86. The van der Waals surface area contributed by atoms with Crippen LogP contribution in [0.1, 0.15) is 20.7 Å². The Balaban J connectivity index is 3.47. The highest BCUT2D eigenvalue weighted by molar-refractivity contribution is 6.06. The summed E-state index contributed by atoms with van der Waals surface area (Å²) in [7, 11) is 0. The maximum absolute atomic E-state index is 11.6. The number of aromatic amines is 1. The van der Waals surface area contributed by atoms with Crippen molar-refractivity contribution in [3.05, 3.63) is 62.7 Å². The van der Waals surface area contributed by atoms with E-state index in [-0.39, 0.29) is 0 Å². The molecule has 0 saturated carbocycles. The van der Waals surface area contributed by atoms with E-state index in [1.54, 1.807) is 4.98 Å². The van der Waals surface area contributed by atoms with Crippen LogP contribution >= 0.6 is 0 Å². The number of hydrogen-bond acceptors (Lipinski definition) is 6. The monoisotopic (exact) mass is 263 g/mol. The molecule has 1 aliphatic heterocycles. The van der Waals surface area contributed by atoms with Crippen LogP contribution in [0.5, 0.6) is 0 Å². The van der Waals surface area contributed by atoms with Crippen LogP contribution in [-0.2, 0) is 0 Å². The molecule has 0 aromatic carbocycles. The van der Waals surface area contributed by atoms with Gasteiger partial charge in [-0.2, -0.15) is 0 Å². The van der Waals surface area contributed by atoms with Crippen LogP contribution in [-0.4, -0.2) is 16.8 Å². The van der Waals surface area contributed by atoms with Gasteiger partial charge in [-0.25, -0.2) is 0 Å². The maximum Gasteiger partial charge on any atom is 0.263 e. The lowest BCUT2D eigenvalue weighted by atomic mass is 10.0. The van der Waals surface area contributed by atoms with Crippen molar-refractivity contribution in [3.63, 3.8) is 0 Å². The van der Waals surface area contributed by atoms with Crippen molar-refractivity contribution in [1.82, 2.24) is 4.98 Å². The Morgan fingerprint density at radius 1 is 0.737 bits per heavy atom. The van der Waals surface area contributed by atoms with Gasteiger partial charge in [0.25, 0.3) is 22.9 Å². The van der Waals surface area contributed by atoms with E-state index in [2.05, 4.69) is 0 Å². The van der Waals surface area contributed by atoms with Crippen LogP contribution < -0.4 is 33.4 Å². The van der Waals surface area contributed by atoms with Gasteiger partial charge in [-0.15, -0.1) is 0 Å². The molecule has 0 aromatic rings. The predicted molar refractivity (Wildman–Crippen MR) is 60.6 cm³/mol. The van der Waals surface area contributed by atoms with E-state index in [1.807, 2.05) is 0 Å². The molecule has 0 fully saturated rings. The lowest BCUT2D eigenvalue weighted by molar-refractivity contribution is 0.0965. The molecule has 0 atom stereocenters. The Morgan fingerprint density at radius 3 is 1.68 bits per heavy atom. The van der Waals surface area contributed by atoms with Gasteiger partial charge in [0.2, 0.25) is 10.9 Å². The third-order valence-corrected chi connectivity index (χ3v) is 2.58. The number of nitrogens with one attached hydrogen (secondary N) is 1. The van der Waals surface area contributed by atoms with Gasteiger partial charge in [-0.05, 0) is 0 Å². The van der Waals surface area contributed by atoms with E-state index in [0.717, 1.165) is 0 Å². The largest absolute Gasteiger partial charge is 0.366 e. The molecule has 0 radical (unpaired) electrons. The molecule has 2 aliphatic rings. The van der Waals surface area contributed by atoms with Crippen molar-refractivity contribution in [2.75, 3.05) is 0 Å². The molecular formula is C10H5N3O6. The van der Waals surface area contributed by atoms with E-state index in [1.165, 1.54) is 0 Å². The summed E-state index contributed by atoms with van der Waals surface area (Å²) in [5.41, 5.74) is 3.04. The molecule has 1 aliphatic carbocycles. The first-order valence-electron chi connectivity index (χ1n) is 4.80. The number of amides is 2. The Bertz CT molecular complexity index is 992. The number of hydrogen-bond donors (Lipinski definition) is 3. The second-order valence-corrected chi connectivity index (χ2v) is 3.67. The number of carbonyl (C=O) groups is 2. The average molecular weight is 263 g/mol. The molecule has 0 spiro atoms. The number of nitrogens with two attached hydrogens (primary N) is 2. The van der Waals surface area contributed by atoms with Crippen LogP contribution in [0, 0.1) is 10.4 Å². The molecule has 2 rings (SSSR count). The molecule has 5 N–H and O–H groups in total. The fraction of sp³-hybridized carbons (Fsp3) is 0. The minimum Gasteiger partial charge on any atom is -0.366 e. The van der Waals surface area contributed by atoms with E-state index >= 15 is 0 Å². The third-order valence-electron chi connectivity index (χ3n) is 2.58. The number of primary amides is 2. The first-order valence-corrected chi connectivity index (χ1v) is 4.80. The summed E-state index contributed by atoms with van der Waals surface area (Å²) in [4.78, 5) is 70.3. The molecule has 0 unspecified atom stereocenters. The highest BCUT2D eigenvalue weighted by Gasteiger charge is 2.25. The molecule has 19 heavy (non-hydrogen) atoms. The van der Waals surface area contributed by atoms with Crippen LogP contribution in [0.25, 0.3) is 0 Å². The summed E-state index contributed by atoms with van der Waals surface area (Å²) >= 11 is 0. The second-order valence-electron chi connectivity index (χ2n) is 3.67.